The molecule has 2 aromatic heterocycles. The summed E-state index contributed by atoms with van der Waals surface area (Å²) in [6, 6.07) is 9.12. The summed E-state index contributed by atoms with van der Waals surface area (Å²) in [5.74, 6) is 1.34. The maximum Gasteiger partial charge on any atom is 0.255 e. The number of anilines is 1. The highest BCUT2D eigenvalue weighted by Gasteiger charge is 2.52. The predicted octanol–water partition coefficient (Wildman–Crippen LogP) is 4.43. The van der Waals surface area contributed by atoms with E-state index in [-0.39, 0.29) is 35.7 Å². The molecule has 206 valence electrons. The van der Waals surface area contributed by atoms with Crippen LogP contribution in [0.2, 0.25) is 5.02 Å². The van der Waals surface area contributed by atoms with Crippen LogP contribution in [0.25, 0.3) is 0 Å². The molecule has 9 nitrogen and oxygen atoms in total. The molecule has 0 spiro atoms. The van der Waals surface area contributed by atoms with Crippen molar-refractivity contribution in [2.24, 2.45) is 11.8 Å². The molecule has 2 N–H and O–H groups in total. The van der Waals surface area contributed by atoms with Gasteiger partial charge in [-0.25, -0.2) is 4.98 Å². The predicted molar refractivity (Wildman–Crippen MR) is 149 cm³/mol. The van der Waals surface area contributed by atoms with Crippen molar-refractivity contribution in [1.82, 2.24) is 20.1 Å². The lowest BCUT2D eigenvalue weighted by Gasteiger charge is -2.36. The Kier molecular flexibility index (Phi) is 6.64. The number of nitrogens with one attached hydrogen (secondary N) is 1. The van der Waals surface area contributed by atoms with Gasteiger partial charge in [0.2, 0.25) is 5.91 Å². The van der Waals surface area contributed by atoms with Gasteiger partial charge in [-0.15, -0.1) is 0 Å². The zero-order valence-corrected chi connectivity index (χ0v) is 23.4. The van der Waals surface area contributed by atoms with Gasteiger partial charge in [0, 0.05) is 35.9 Å². The number of halogens is 1. The molecule has 2 amide bonds. The molecule has 3 fully saturated rings. The van der Waals surface area contributed by atoms with Gasteiger partial charge in [0.1, 0.15) is 11.5 Å². The Morgan fingerprint density at radius 1 is 1.25 bits per heavy atom. The first kappa shape index (κ1) is 26.5. The van der Waals surface area contributed by atoms with Crippen molar-refractivity contribution in [2.75, 3.05) is 11.4 Å². The second-order valence-electron chi connectivity index (χ2n) is 11.4. The molecule has 3 heterocycles. The summed E-state index contributed by atoms with van der Waals surface area (Å²) in [5, 5.41) is 28.1. The van der Waals surface area contributed by atoms with Gasteiger partial charge >= 0.3 is 0 Å². The van der Waals surface area contributed by atoms with E-state index in [1.807, 2.05) is 26.0 Å². The van der Waals surface area contributed by atoms with Crippen molar-refractivity contribution in [1.29, 1.82) is 5.26 Å². The highest BCUT2D eigenvalue weighted by molar-refractivity contribution is 6.30. The summed E-state index contributed by atoms with van der Waals surface area (Å²) < 4.78 is 1.69. The van der Waals surface area contributed by atoms with E-state index >= 15 is 0 Å². The molecule has 40 heavy (non-hydrogen) atoms. The van der Waals surface area contributed by atoms with Crippen LogP contribution in [0, 0.1) is 30.1 Å². The van der Waals surface area contributed by atoms with Gasteiger partial charge in [-0.2, -0.15) is 10.4 Å². The topological polar surface area (TPSA) is 124 Å². The Labute approximate surface area is 237 Å². The number of aliphatic hydroxyl groups excluding tert-OH is 1. The van der Waals surface area contributed by atoms with E-state index in [2.05, 4.69) is 21.5 Å². The molecule has 3 aliphatic rings. The first-order valence-corrected chi connectivity index (χ1v) is 14.1. The van der Waals surface area contributed by atoms with Crippen LogP contribution in [0.3, 0.4) is 0 Å². The number of amides is 2. The number of aryl methyl sites for hydroxylation is 1. The van der Waals surface area contributed by atoms with Crippen molar-refractivity contribution in [3.8, 4) is 6.07 Å². The van der Waals surface area contributed by atoms with Gasteiger partial charge in [-0.1, -0.05) is 11.6 Å². The van der Waals surface area contributed by atoms with Crippen LogP contribution >= 0.6 is 11.6 Å². The number of nitrogens with zero attached hydrogens (tertiary/aromatic N) is 5. The molecule has 1 aromatic carbocycles. The molecule has 10 heteroatoms. The second kappa shape index (κ2) is 10.0. The molecule has 6 rings (SSSR count). The van der Waals surface area contributed by atoms with Crippen LogP contribution < -0.4 is 10.2 Å². The first-order valence-electron chi connectivity index (χ1n) is 13.7. The van der Waals surface area contributed by atoms with E-state index in [1.165, 1.54) is 0 Å². The summed E-state index contributed by atoms with van der Waals surface area (Å²) in [6.07, 6.45) is 4.92. The average molecular weight is 559 g/mol. The number of carbonyl (C=O) groups excluding carboxylic acids is 2. The van der Waals surface area contributed by atoms with Crippen molar-refractivity contribution < 1.29 is 14.7 Å². The van der Waals surface area contributed by atoms with Crippen LogP contribution in [0.5, 0.6) is 0 Å². The zero-order chi connectivity index (χ0) is 28.3. The molecule has 0 bridgehead atoms. The Morgan fingerprint density at radius 3 is 2.67 bits per heavy atom. The lowest BCUT2D eigenvalue weighted by Crippen LogP contribution is -2.43. The minimum atomic E-state index is -0.929. The molecule has 2 aliphatic carbocycles. The van der Waals surface area contributed by atoms with E-state index in [4.69, 9.17) is 11.6 Å². The number of nitriles is 1. The van der Waals surface area contributed by atoms with Gasteiger partial charge in [0.05, 0.1) is 29.3 Å². The molecular weight excluding hydrogens is 528 g/mol. The molecule has 2 saturated carbocycles. The largest absolute Gasteiger partial charge is 0.387 e. The van der Waals surface area contributed by atoms with Gasteiger partial charge < -0.3 is 10.4 Å². The molecular formula is C30H31ClN6O3. The molecule has 1 saturated heterocycles. The Bertz CT molecular complexity index is 1550. The third-order valence-electron chi connectivity index (χ3n) is 8.63. The number of piperidine rings is 1. The number of fused-ring (bicyclic) bond motifs is 1. The maximum absolute atomic E-state index is 13.3. The van der Waals surface area contributed by atoms with Crippen molar-refractivity contribution >= 4 is 29.2 Å². The van der Waals surface area contributed by atoms with E-state index in [0.717, 1.165) is 29.7 Å². The highest BCUT2D eigenvalue weighted by atomic mass is 35.5. The Morgan fingerprint density at radius 2 is 2.02 bits per heavy atom. The van der Waals surface area contributed by atoms with Crippen molar-refractivity contribution in [3.05, 3.63) is 75.2 Å². The lowest BCUT2D eigenvalue weighted by atomic mass is 9.74. The number of carbonyl (C=O) groups is 2. The van der Waals surface area contributed by atoms with E-state index in [0.29, 0.717) is 46.4 Å². The van der Waals surface area contributed by atoms with Crippen molar-refractivity contribution in [2.45, 2.75) is 64.1 Å². The third-order valence-corrected chi connectivity index (χ3v) is 8.87. The number of rotatable bonds is 7. The van der Waals surface area contributed by atoms with Gasteiger partial charge in [-0.05, 0) is 92.8 Å². The Balaban J connectivity index is 1.16. The molecule has 0 unspecified atom stereocenters. The SMILES string of the molecule is Cc1cc(N2C[C@H]3C[C@H]3C2=O)ncc1[C@@H](C)n1cc(C(=O)N[C@H]2C[C@@H](c3cc(Cl)ccc3C#N)C2)c([C@@H](C)O)n1. The molecule has 3 aromatic rings. The minimum absolute atomic E-state index is 0.0519. The summed E-state index contributed by atoms with van der Waals surface area (Å²) >= 11 is 6.15. The summed E-state index contributed by atoms with van der Waals surface area (Å²) in [6.45, 7) is 6.28. The van der Waals surface area contributed by atoms with Crippen molar-refractivity contribution in [3.63, 3.8) is 0 Å². The molecule has 0 radical (unpaired) electrons. The van der Waals surface area contributed by atoms with Gasteiger partial charge in [0.25, 0.3) is 5.91 Å². The van der Waals surface area contributed by atoms with E-state index < -0.39 is 6.10 Å². The lowest BCUT2D eigenvalue weighted by molar-refractivity contribution is -0.118. The smallest absolute Gasteiger partial charge is 0.255 e. The van der Waals surface area contributed by atoms with Crippen LogP contribution in [0.4, 0.5) is 5.82 Å². The number of hydrogen-bond donors (Lipinski definition) is 2. The fraction of sp³-hybridized carbons (Fsp3) is 0.433. The van der Waals surface area contributed by atoms with E-state index in [9.17, 15) is 20.0 Å². The number of aromatic nitrogens is 3. The number of hydrogen-bond acceptors (Lipinski definition) is 6. The summed E-state index contributed by atoms with van der Waals surface area (Å²) in [7, 11) is 0. The number of benzene rings is 1. The number of aliphatic hydroxyl groups is 1. The molecule has 1 aliphatic heterocycles. The van der Waals surface area contributed by atoms with Crippen LogP contribution in [0.15, 0.2) is 36.7 Å². The van der Waals surface area contributed by atoms with E-state index in [1.54, 1.807) is 41.0 Å². The highest BCUT2D eigenvalue weighted by Crippen LogP contribution is 2.47. The summed E-state index contributed by atoms with van der Waals surface area (Å²) in [4.78, 5) is 32.1. The van der Waals surface area contributed by atoms with Gasteiger partial charge in [-0.3, -0.25) is 19.2 Å². The Hall–Kier alpha value is -3.74. The van der Waals surface area contributed by atoms with Crippen LogP contribution in [-0.2, 0) is 4.79 Å². The summed E-state index contributed by atoms with van der Waals surface area (Å²) in [5.41, 5.74) is 4.05. The standard InChI is InChI=1S/C30H31ClN6O3/c1-15-6-27(36-13-20-9-24(20)30(36)40)33-12-25(15)16(2)37-14-26(28(35-37)17(3)38)29(39)34-22-7-19(8-22)23-10-21(31)5-4-18(23)11-32/h4-6,10,12,14,16-17,19-20,22,24,38H,7-9,13H2,1-3H3,(H,34,39)/t16-,17-,19-,20-,22+,24-/m1/s1. The monoisotopic (exact) mass is 558 g/mol. The first-order chi connectivity index (χ1) is 19.1. The molecule has 4 atom stereocenters. The second-order valence-corrected chi connectivity index (χ2v) is 11.8. The normalized spacial score (nSPS) is 24.6. The zero-order valence-electron chi connectivity index (χ0n) is 22.6. The fourth-order valence-corrected chi connectivity index (χ4v) is 6.26. The quantitative estimate of drug-likeness (QED) is 0.442. The number of pyridine rings is 1. The van der Waals surface area contributed by atoms with Crippen LogP contribution in [0.1, 0.15) is 89.5 Å². The fourth-order valence-electron chi connectivity index (χ4n) is 6.08. The van der Waals surface area contributed by atoms with Crippen LogP contribution in [-0.4, -0.2) is 44.3 Å². The third kappa shape index (κ3) is 4.65. The maximum atomic E-state index is 13.3. The average Bonchev–Trinajstić information content (AvgIpc) is 3.40. The van der Waals surface area contributed by atoms with Gasteiger partial charge in [0.15, 0.2) is 0 Å². The minimum Gasteiger partial charge on any atom is -0.387 e.